The Morgan fingerprint density at radius 3 is 2.79 bits per heavy atom. The van der Waals surface area contributed by atoms with Gasteiger partial charge in [-0.1, -0.05) is 24.3 Å². The Kier molecular flexibility index (Phi) is 3.94. The molecule has 1 atom stereocenters. The van der Waals surface area contributed by atoms with Crippen molar-refractivity contribution in [3.63, 3.8) is 0 Å². The quantitative estimate of drug-likeness (QED) is 0.547. The van der Waals surface area contributed by atoms with Crippen LogP contribution in [0.4, 0.5) is 5.69 Å². The molecule has 0 aliphatic carbocycles. The summed E-state index contributed by atoms with van der Waals surface area (Å²) in [4.78, 5) is 5.40. The van der Waals surface area contributed by atoms with Gasteiger partial charge in [0.1, 0.15) is 0 Å². The lowest BCUT2D eigenvalue weighted by atomic mass is 10.1. The van der Waals surface area contributed by atoms with Gasteiger partial charge in [0.25, 0.3) is 0 Å². The van der Waals surface area contributed by atoms with Crippen LogP contribution in [0.5, 0.6) is 0 Å². The first kappa shape index (κ1) is 11.0. The molecule has 1 unspecified atom stereocenters. The molecule has 1 aromatic rings. The van der Waals surface area contributed by atoms with Crippen LogP contribution in [0.25, 0.3) is 4.85 Å². The van der Waals surface area contributed by atoms with Crippen LogP contribution in [0.15, 0.2) is 24.3 Å². The largest absolute Gasteiger partial charge is 0.308 e. The molecular formula is C11H13ClN2. The van der Waals surface area contributed by atoms with E-state index in [0.717, 1.165) is 12.1 Å². The van der Waals surface area contributed by atoms with Crippen LogP contribution in [-0.4, -0.2) is 25.5 Å². The highest BCUT2D eigenvalue weighted by Gasteiger charge is 2.08. The molecule has 0 bridgehead atoms. The van der Waals surface area contributed by atoms with Crippen molar-refractivity contribution in [1.82, 2.24) is 4.90 Å². The van der Waals surface area contributed by atoms with Gasteiger partial charge in [-0.25, -0.2) is 4.85 Å². The van der Waals surface area contributed by atoms with Crippen LogP contribution < -0.4 is 0 Å². The molecule has 0 aliphatic rings. The first-order valence-corrected chi connectivity index (χ1v) is 4.83. The highest BCUT2D eigenvalue weighted by molar-refractivity contribution is 6.21. The molecule has 0 aliphatic heterocycles. The molecule has 0 amide bonds. The van der Waals surface area contributed by atoms with E-state index < -0.39 is 0 Å². The summed E-state index contributed by atoms with van der Waals surface area (Å²) in [6, 6.07) is 7.45. The average molecular weight is 209 g/mol. The van der Waals surface area contributed by atoms with Crippen LogP contribution in [0.3, 0.4) is 0 Å². The molecule has 0 N–H and O–H groups in total. The Labute approximate surface area is 89.9 Å². The molecule has 0 heterocycles. The number of hydrogen-bond acceptors (Lipinski definition) is 1. The van der Waals surface area contributed by atoms with Crippen LogP contribution in [-0.2, 0) is 0 Å². The summed E-state index contributed by atoms with van der Waals surface area (Å²) in [6.07, 6.45) is 0. The topological polar surface area (TPSA) is 7.60 Å². The van der Waals surface area contributed by atoms with Crippen molar-refractivity contribution in [2.45, 2.75) is 5.38 Å². The van der Waals surface area contributed by atoms with E-state index in [4.69, 9.17) is 18.2 Å². The molecule has 1 rings (SSSR count). The third kappa shape index (κ3) is 3.02. The van der Waals surface area contributed by atoms with E-state index in [1.165, 1.54) is 0 Å². The molecule has 0 fully saturated rings. The van der Waals surface area contributed by atoms with Gasteiger partial charge >= 0.3 is 0 Å². The lowest BCUT2D eigenvalue weighted by molar-refractivity contribution is 0.408. The van der Waals surface area contributed by atoms with E-state index >= 15 is 0 Å². The Morgan fingerprint density at radius 1 is 1.50 bits per heavy atom. The maximum Gasteiger partial charge on any atom is 0.187 e. The lowest BCUT2D eigenvalue weighted by Gasteiger charge is -2.15. The van der Waals surface area contributed by atoms with Crippen molar-refractivity contribution < 1.29 is 0 Å². The summed E-state index contributed by atoms with van der Waals surface area (Å²) >= 11 is 6.19. The third-order valence-electron chi connectivity index (χ3n) is 1.89. The number of alkyl halides is 1. The van der Waals surface area contributed by atoms with Crippen LogP contribution in [0.1, 0.15) is 10.9 Å². The Morgan fingerprint density at radius 2 is 2.21 bits per heavy atom. The average Bonchev–Trinajstić information content (AvgIpc) is 2.17. The van der Waals surface area contributed by atoms with Crippen molar-refractivity contribution >= 4 is 17.3 Å². The maximum atomic E-state index is 6.89. The number of hydrogen-bond donors (Lipinski definition) is 0. The smallest absolute Gasteiger partial charge is 0.187 e. The van der Waals surface area contributed by atoms with Gasteiger partial charge < -0.3 is 4.90 Å². The first-order chi connectivity index (χ1) is 6.63. The van der Waals surface area contributed by atoms with E-state index in [1.54, 1.807) is 6.07 Å². The first-order valence-electron chi connectivity index (χ1n) is 4.39. The van der Waals surface area contributed by atoms with Crippen LogP contribution in [0.2, 0.25) is 0 Å². The van der Waals surface area contributed by atoms with Gasteiger partial charge in [0.2, 0.25) is 0 Å². The summed E-state index contributed by atoms with van der Waals surface area (Å²) in [5, 5.41) is -0.0494. The number of nitrogens with zero attached hydrogens (tertiary/aromatic N) is 2. The van der Waals surface area contributed by atoms with Gasteiger partial charge in [0, 0.05) is 6.54 Å². The fourth-order valence-electron chi connectivity index (χ4n) is 1.22. The molecule has 0 radical (unpaired) electrons. The maximum absolute atomic E-state index is 6.89. The van der Waals surface area contributed by atoms with Gasteiger partial charge in [-0.05, 0) is 19.7 Å². The predicted molar refractivity (Wildman–Crippen MR) is 59.9 cm³/mol. The summed E-state index contributed by atoms with van der Waals surface area (Å²) in [5.74, 6) is 0. The Hall–Kier alpha value is -1.04. The zero-order chi connectivity index (χ0) is 10.6. The van der Waals surface area contributed by atoms with E-state index in [2.05, 4.69) is 4.85 Å². The summed E-state index contributed by atoms with van der Waals surface area (Å²) in [6.45, 7) is 7.68. The molecule has 74 valence electrons. The molecular weight excluding hydrogens is 196 g/mol. The standard InChI is InChI=1S/C11H13ClN2/c1-13-10-6-4-5-9(7-10)11(12)8-14(2)3/h4-7,11H,8H2,2-3H3. The second-order valence-electron chi connectivity index (χ2n) is 3.44. The minimum atomic E-state index is -0.0494. The van der Waals surface area contributed by atoms with Crippen LogP contribution in [0, 0.1) is 6.57 Å². The molecule has 14 heavy (non-hydrogen) atoms. The number of halogens is 1. The monoisotopic (exact) mass is 208 g/mol. The van der Waals surface area contributed by atoms with Crippen molar-refractivity contribution in [2.75, 3.05) is 20.6 Å². The normalized spacial score (nSPS) is 12.5. The number of rotatable bonds is 3. The molecule has 1 aromatic carbocycles. The number of likely N-dealkylation sites (N-methyl/N-ethyl adjacent to an activating group) is 1. The second-order valence-corrected chi connectivity index (χ2v) is 3.96. The van der Waals surface area contributed by atoms with Crippen molar-refractivity contribution in [2.24, 2.45) is 0 Å². The molecule has 0 aromatic heterocycles. The van der Waals surface area contributed by atoms with Crippen molar-refractivity contribution in [3.8, 4) is 0 Å². The van der Waals surface area contributed by atoms with Gasteiger partial charge in [-0.15, -0.1) is 11.6 Å². The summed E-state index contributed by atoms with van der Waals surface area (Å²) in [7, 11) is 3.96. The van der Waals surface area contributed by atoms with Crippen molar-refractivity contribution in [1.29, 1.82) is 0 Å². The summed E-state index contributed by atoms with van der Waals surface area (Å²) in [5.41, 5.74) is 1.65. The van der Waals surface area contributed by atoms with Crippen molar-refractivity contribution in [3.05, 3.63) is 41.2 Å². The second kappa shape index (κ2) is 4.99. The van der Waals surface area contributed by atoms with E-state index in [0.29, 0.717) is 5.69 Å². The third-order valence-corrected chi connectivity index (χ3v) is 2.28. The van der Waals surface area contributed by atoms with E-state index in [-0.39, 0.29) is 5.38 Å². The van der Waals surface area contributed by atoms with Gasteiger partial charge in [0.05, 0.1) is 11.9 Å². The fraction of sp³-hybridized carbons (Fsp3) is 0.364. The minimum Gasteiger partial charge on any atom is -0.308 e. The molecule has 0 saturated heterocycles. The zero-order valence-electron chi connectivity index (χ0n) is 8.37. The van der Waals surface area contributed by atoms with E-state index in [9.17, 15) is 0 Å². The van der Waals surface area contributed by atoms with Gasteiger partial charge in [0.15, 0.2) is 5.69 Å². The van der Waals surface area contributed by atoms with Gasteiger partial charge in [-0.2, -0.15) is 0 Å². The Bertz CT molecular complexity index is 341. The SMILES string of the molecule is [C-]#[N+]c1cccc(C(Cl)CN(C)C)c1. The lowest BCUT2D eigenvalue weighted by Crippen LogP contribution is -2.17. The fourth-order valence-corrected chi connectivity index (χ4v) is 1.63. The minimum absolute atomic E-state index is 0.0494. The van der Waals surface area contributed by atoms with Crippen LogP contribution >= 0.6 is 11.6 Å². The predicted octanol–water partition coefficient (Wildman–Crippen LogP) is 3.08. The highest BCUT2D eigenvalue weighted by atomic mass is 35.5. The highest BCUT2D eigenvalue weighted by Crippen LogP contribution is 2.24. The Balaban J connectivity index is 2.80. The summed E-state index contributed by atoms with van der Waals surface area (Å²) < 4.78 is 0. The molecule has 0 spiro atoms. The number of benzene rings is 1. The molecule has 3 heteroatoms. The molecule has 2 nitrogen and oxygen atoms in total. The zero-order valence-corrected chi connectivity index (χ0v) is 9.12. The van der Waals surface area contributed by atoms with E-state index in [1.807, 2.05) is 37.2 Å². The molecule has 0 saturated carbocycles. The van der Waals surface area contributed by atoms with Gasteiger partial charge in [-0.3, -0.25) is 0 Å².